The predicted molar refractivity (Wildman–Crippen MR) is 95.9 cm³/mol. The first-order valence-electron chi connectivity index (χ1n) is 7.72. The largest absolute Gasteiger partial charge is 0.497 e. The van der Waals surface area contributed by atoms with Gasteiger partial charge in [0.15, 0.2) is 5.76 Å². The zero-order valence-electron chi connectivity index (χ0n) is 13.9. The van der Waals surface area contributed by atoms with Crippen LogP contribution < -0.4 is 10.1 Å². The highest BCUT2D eigenvalue weighted by molar-refractivity contribution is 6.33. The minimum absolute atomic E-state index is 0.267. The summed E-state index contributed by atoms with van der Waals surface area (Å²) in [5, 5.41) is 7.31. The van der Waals surface area contributed by atoms with Crippen LogP contribution in [0.4, 0.5) is 0 Å². The summed E-state index contributed by atoms with van der Waals surface area (Å²) in [6, 6.07) is 14.7. The fraction of sp³-hybridized carbons (Fsp3) is 0.158. The van der Waals surface area contributed by atoms with Gasteiger partial charge in [-0.3, -0.25) is 4.79 Å². The molecule has 0 saturated heterocycles. The summed E-state index contributed by atoms with van der Waals surface area (Å²) in [6.45, 7) is 2.09. The molecule has 5 nitrogen and oxygen atoms in total. The number of methoxy groups -OCH3 is 1. The van der Waals surface area contributed by atoms with E-state index in [0.29, 0.717) is 34.1 Å². The van der Waals surface area contributed by atoms with Crippen LogP contribution in [0.2, 0.25) is 5.02 Å². The van der Waals surface area contributed by atoms with Crippen LogP contribution in [0.25, 0.3) is 11.3 Å². The molecule has 0 aliphatic carbocycles. The molecular weight excluding hydrogens is 340 g/mol. The average molecular weight is 357 g/mol. The van der Waals surface area contributed by atoms with E-state index in [2.05, 4.69) is 10.5 Å². The summed E-state index contributed by atoms with van der Waals surface area (Å²) in [5.74, 6) is 0.840. The number of amides is 1. The normalized spacial score (nSPS) is 10.5. The molecule has 0 bridgehead atoms. The van der Waals surface area contributed by atoms with E-state index in [4.69, 9.17) is 20.9 Å². The molecule has 0 aliphatic heterocycles. The van der Waals surface area contributed by atoms with Crippen LogP contribution in [-0.2, 0) is 6.54 Å². The minimum atomic E-state index is -0.267. The molecule has 1 aromatic heterocycles. The van der Waals surface area contributed by atoms with Crippen molar-refractivity contribution in [1.29, 1.82) is 0 Å². The topological polar surface area (TPSA) is 64.4 Å². The molecule has 2 aromatic carbocycles. The van der Waals surface area contributed by atoms with E-state index in [0.717, 1.165) is 11.3 Å². The number of rotatable bonds is 5. The van der Waals surface area contributed by atoms with Crippen LogP contribution >= 0.6 is 11.6 Å². The van der Waals surface area contributed by atoms with Crippen LogP contribution in [0, 0.1) is 6.92 Å². The van der Waals surface area contributed by atoms with Gasteiger partial charge < -0.3 is 14.6 Å². The molecular formula is C19H17ClN2O3. The maximum Gasteiger partial charge on any atom is 0.257 e. The summed E-state index contributed by atoms with van der Waals surface area (Å²) in [7, 11) is 1.61. The molecule has 6 heteroatoms. The van der Waals surface area contributed by atoms with Crippen molar-refractivity contribution in [3.63, 3.8) is 0 Å². The number of nitrogens with one attached hydrogen (secondary N) is 1. The SMILES string of the molecule is COc1cccc(CNC(=O)c2c(C)noc2-c2ccccc2Cl)c1. The molecule has 0 spiro atoms. The number of hydrogen-bond donors (Lipinski definition) is 1. The van der Waals surface area contributed by atoms with Gasteiger partial charge in [0.1, 0.15) is 11.3 Å². The van der Waals surface area contributed by atoms with E-state index < -0.39 is 0 Å². The number of carbonyl (C=O) groups is 1. The molecule has 0 saturated carbocycles. The molecule has 1 amide bonds. The third-order valence-electron chi connectivity index (χ3n) is 3.80. The number of benzene rings is 2. The van der Waals surface area contributed by atoms with Crippen molar-refractivity contribution in [1.82, 2.24) is 10.5 Å². The number of ether oxygens (including phenoxy) is 1. The lowest BCUT2D eigenvalue weighted by atomic mass is 10.1. The molecule has 1 heterocycles. The Hall–Kier alpha value is -2.79. The van der Waals surface area contributed by atoms with Crippen molar-refractivity contribution >= 4 is 17.5 Å². The van der Waals surface area contributed by atoms with E-state index in [1.165, 1.54) is 0 Å². The Kier molecular flexibility index (Phi) is 5.05. The Bertz CT molecular complexity index is 905. The van der Waals surface area contributed by atoms with Gasteiger partial charge in [0, 0.05) is 12.1 Å². The molecule has 0 unspecified atom stereocenters. The third kappa shape index (κ3) is 3.67. The lowest BCUT2D eigenvalue weighted by molar-refractivity contribution is 0.0950. The Morgan fingerprint density at radius 2 is 2.04 bits per heavy atom. The lowest BCUT2D eigenvalue weighted by Crippen LogP contribution is -2.23. The number of hydrogen-bond acceptors (Lipinski definition) is 4. The van der Waals surface area contributed by atoms with Gasteiger partial charge in [-0.2, -0.15) is 0 Å². The summed E-state index contributed by atoms with van der Waals surface area (Å²) >= 11 is 6.22. The van der Waals surface area contributed by atoms with Gasteiger partial charge >= 0.3 is 0 Å². The Labute approximate surface area is 150 Å². The maximum absolute atomic E-state index is 12.7. The van der Waals surface area contributed by atoms with E-state index in [1.807, 2.05) is 36.4 Å². The molecule has 3 rings (SSSR count). The number of aromatic nitrogens is 1. The van der Waals surface area contributed by atoms with Crippen LogP contribution in [-0.4, -0.2) is 18.2 Å². The zero-order chi connectivity index (χ0) is 17.8. The summed E-state index contributed by atoms with van der Waals surface area (Å²) in [5.41, 5.74) is 2.46. The highest BCUT2D eigenvalue weighted by atomic mass is 35.5. The van der Waals surface area contributed by atoms with Crippen molar-refractivity contribution in [3.8, 4) is 17.1 Å². The third-order valence-corrected chi connectivity index (χ3v) is 4.13. The van der Waals surface area contributed by atoms with Crippen molar-refractivity contribution < 1.29 is 14.1 Å². The highest BCUT2D eigenvalue weighted by Crippen LogP contribution is 2.31. The molecule has 3 aromatic rings. The fourth-order valence-corrected chi connectivity index (χ4v) is 2.74. The van der Waals surface area contributed by atoms with E-state index in [-0.39, 0.29) is 5.91 Å². The molecule has 25 heavy (non-hydrogen) atoms. The van der Waals surface area contributed by atoms with Crippen molar-refractivity contribution in [2.75, 3.05) is 7.11 Å². The first kappa shape index (κ1) is 17.0. The van der Waals surface area contributed by atoms with Crippen molar-refractivity contribution in [3.05, 3.63) is 70.4 Å². The Morgan fingerprint density at radius 3 is 2.80 bits per heavy atom. The predicted octanol–water partition coefficient (Wildman–Crippen LogP) is 4.24. The molecule has 0 aliphatic rings. The fourth-order valence-electron chi connectivity index (χ4n) is 2.52. The van der Waals surface area contributed by atoms with E-state index >= 15 is 0 Å². The Morgan fingerprint density at radius 1 is 1.24 bits per heavy atom. The van der Waals surface area contributed by atoms with Gasteiger partial charge in [-0.1, -0.05) is 41.0 Å². The van der Waals surface area contributed by atoms with E-state index in [1.54, 1.807) is 26.2 Å². The summed E-state index contributed by atoms with van der Waals surface area (Å²) in [4.78, 5) is 12.7. The number of halogens is 1. The van der Waals surface area contributed by atoms with Crippen LogP contribution in [0.5, 0.6) is 5.75 Å². The molecule has 128 valence electrons. The maximum atomic E-state index is 12.7. The minimum Gasteiger partial charge on any atom is -0.497 e. The summed E-state index contributed by atoms with van der Waals surface area (Å²) in [6.07, 6.45) is 0. The van der Waals surface area contributed by atoms with Gasteiger partial charge in [-0.25, -0.2) is 0 Å². The van der Waals surface area contributed by atoms with Crippen LogP contribution in [0.15, 0.2) is 53.1 Å². The average Bonchev–Trinajstić information content (AvgIpc) is 3.01. The number of aryl methyl sites for hydroxylation is 1. The second-order valence-electron chi connectivity index (χ2n) is 5.49. The highest BCUT2D eigenvalue weighted by Gasteiger charge is 2.23. The summed E-state index contributed by atoms with van der Waals surface area (Å²) < 4.78 is 10.5. The second-order valence-corrected chi connectivity index (χ2v) is 5.89. The van der Waals surface area contributed by atoms with Gasteiger partial charge in [0.2, 0.25) is 0 Å². The first-order valence-corrected chi connectivity index (χ1v) is 8.10. The van der Waals surface area contributed by atoms with Gasteiger partial charge in [-0.15, -0.1) is 0 Å². The van der Waals surface area contributed by atoms with E-state index in [9.17, 15) is 4.79 Å². The molecule has 0 radical (unpaired) electrons. The monoisotopic (exact) mass is 356 g/mol. The molecule has 1 N–H and O–H groups in total. The Balaban J connectivity index is 1.83. The second kappa shape index (κ2) is 7.40. The van der Waals surface area contributed by atoms with Gasteiger partial charge in [-0.05, 0) is 36.8 Å². The quantitative estimate of drug-likeness (QED) is 0.742. The van der Waals surface area contributed by atoms with Crippen molar-refractivity contribution in [2.24, 2.45) is 0 Å². The zero-order valence-corrected chi connectivity index (χ0v) is 14.6. The molecule has 0 fully saturated rings. The smallest absolute Gasteiger partial charge is 0.257 e. The molecule has 0 atom stereocenters. The van der Waals surface area contributed by atoms with Gasteiger partial charge in [0.25, 0.3) is 5.91 Å². The number of nitrogens with zero attached hydrogens (tertiary/aromatic N) is 1. The standard InChI is InChI=1S/C19H17ClN2O3/c1-12-17(18(25-22-12)15-8-3-4-9-16(15)20)19(23)21-11-13-6-5-7-14(10-13)24-2/h3-10H,11H2,1-2H3,(H,21,23). The van der Waals surface area contributed by atoms with Gasteiger partial charge in [0.05, 0.1) is 17.8 Å². The van der Waals surface area contributed by atoms with Crippen LogP contribution in [0.1, 0.15) is 21.6 Å². The number of carbonyl (C=O) groups excluding carboxylic acids is 1. The van der Waals surface area contributed by atoms with Crippen LogP contribution in [0.3, 0.4) is 0 Å². The first-order chi connectivity index (χ1) is 12.1. The van der Waals surface area contributed by atoms with Crippen molar-refractivity contribution in [2.45, 2.75) is 13.5 Å². The lowest BCUT2D eigenvalue weighted by Gasteiger charge is -2.08.